The van der Waals surface area contributed by atoms with Crippen LogP contribution in [0.4, 0.5) is 21.8 Å². The Balaban J connectivity index is 1.69. The van der Waals surface area contributed by atoms with Gasteiger partial charge in [-0.1, -0.05) is 18.2 Å². The zero-order valence-corrected chi connectivity index (χ0v) is 11.7. The Morgan fingerprint density at radius 2 is 1.91 bits per heavy atom. The normalized spacial score (nSPS) is 10.2. The second kappa shape index (κ2) is 6.62. The van der Waals surface area contributed by atoms with Crippen LogP contribution in [0.15, 0.2) is 61.1 Å². The minimum Gasteiger partial charge on any atom is -0.366 e. The number of para-hydroxylation sites is 1. The third-order valence-corrected chi connectivity index (χ3v) is 2.97. The summed E-state index contributed by atoms with van der Waals surface area (Å²) in [6.07, 6.45) is 5.12. The van der Waals surface area contributed by atoms with E-state index >= 15 is 0 Å². The van der Waals surface area contributed by atoms with Crippen molar-refractivity contribution in [2.45, 2.75) is 6.54 Å². The number of benzene rings is 1. The van der Waals surface area contributed by atoms with Crippen LogP contribution >= 0.6 is 0 Å². The fourth-order valence-corrected chi connectivity index (χ4v) is 1.90. The smallest absolute Gasteiger partial charge is 0.229 e. The summed E-state index contributed by atoms with van der Waals surface area (Å²) in [7, 11) is 0. The van der Waals surface area contributed by atoms with E-state index in [0.29, 0.717) is 24.0 Å². The predicted octanol–water partition coefficient (Wildman–Crippen LogP) is 3.37. The topological polar surface area (TPSA) is 62.7 Å². The zero-order chi connectivity index (χ0) is 15.2. The van der Waals surface area contributed by atoms with Gasteiger partial charge in [0.2, 0.25) is 5.95 Å². The highest BCUT2D eigenvalue weighted by molar-refractivity contribution is 5.55. The molecule has 0 aliphatic rings. The van der Waals surface area contributed by atoms with Gasteiger partial charge in [0.05, 0.1) is 5.69 Å². The van der Waals surface area contributed by atoms with Crippen LogP contribution < -0.4 is 10.6 Å². The maximum atomic E-state index is 13.6. The number of rotatable bonds is 5. The van der Waals surface area contributed by atoms with Crippen molar-refractivity contribution in [3.63, 3.8) is 0 Å². The van der Waals surface area contributed by atoms with Crippen LogP contribution in [0.3, 0.4) is 0 Å². The van der Waals surface area contributed by atoms with Crippen LogP contribution in [0.25, 0.3) is 0 Å². The third kappa shape index (κ3) is 3.54. The SMILES string of the molecule is Fc1ccccc1Nc1nccc(NCc2cccnc2)n1. The van der Waals surface area contributed by atoms with Gasteiger partial charge >= 0.3 is 0 Å². The number of nitrogens with zero attached hydrogens (tertiary/aromatic N) is 3. The summed E-state index contributed by atoms with van der Waals surface area (Å²) in [5.41, 5.74) is 1.39. The van der Waals surface area contributed by atoms with Crippen molar-refractivity contribution in [3.05, 3.63) is 72.4 Å². The summed E-state index contributed by atoms with van der Waals surface area (Å²) < 4.78 is 13.6. The van der Waals surface area contributed by atoms with Gasteiger partial charge < -0.3 is 10.6 Å². The lowest BCUT2D eigenvalue weighted by atomic mass is 10.3. The molecule has 0 amide bonds. The first kappa shape index (κ1) is 13.9. The van der Waals surface area contributed by atoms with E-state index in [1.807, 2.05) is 12.1 Å². The summed E-state index contributed by atoms with van der Waals surface area (Å²) in [5, 5.41) is 6.04. The van der Waals surface area contributed by atoms with Gasteiger partial charge in [0.15, 0.2) is 0 Å². The van der Waals surface area contributed by atoms with E-state index < -0.39 is 0 Å². The maximum absolute atomic E-state index is 13.6. The molecular weight excluding hydrogens is 281 g/mol. The third-order valence-electron chi connectivity index (χ3n) is 2.97. The van der Waals surface area contributed by atoms with Crippen molar-refractivity contribution in [2.24, 2.45) is 0 Å². The second-order valence-corrected chi connectivity index (χ2v) is 4.59. The molecule has 5 nitrogen and oxygen atoms in total. The molecule has 110 valence electrons. The van der Waals surface area contributed by atoms with Gasteiger partial charge in [-0.15, -0.1) is 0 Å². The Morgan fingerprint density at radius 1 is 1.00 bits per heavy atom. The Bertz CT molecular complexity index is 748. The lowest BCUT2D eigenvalue weighted by molar-refractivity contribution is 0.631. The summed E-state index contributed by atoms with van der Waals surface area (Å²) in [4.78, 5) is 12.4. The van der Waals surface area contributed by atoms with Crippen LogP contribution in [0.1, 0.15) is 5.56 Å². The standard InChI is InChI=1S/C16H14FN5/c17-13-5-1-2-6-14(13)21-16-19-9-7-15(22-16)20-11-12-4-3-8-18-10-12/h1-10H,11H2,(H2,19,20,21,22). The van der Waals surface area contributed by atoms with Crippen LogP contribution in [0, 0.1) is 5.82 Å². The first-order chi connectivity index (χ1) is 10.8. The number of aromatic nitrogens is 3. The van der Waals surface area contributed by atoms with Crippen LogP contribution in [-0.2, 0) is 6.54 Å². The van der Waals surface area contributed by atoms with Crippen LogP contribution in [0.2, 0.25) is 0 Å². The number of hydrogen-bond donors (Lipinski definition) is 2. The highest BCUT2D eigenvalue weighted by Crippen LogP contribution is 2.17. The number of hydrogen-bond acceptors (Lipinski definition) is 5. The molecule has 22 heavy (non-hydrogen) atoms. The van der Waals surface area contributed by atoms with Crippen molar-refractivity contribution in [1.82, 2.24) is 15.0 Å². The Hall–Kier alpha value is -3.02. The van der Waals surface area contributed by atoms with Crippen LogP contribution in [0.5, 0.6) is 0 Å². The molecule has 2 N–H and O–H groups in total. The Morgan fingerprint density at radius 3 is 2.73 bits per heavy atom. The van der Waals surface area contributed by atoms with Gasteiger partial charge in [-0.2, -0.15) is 4.98 Å². The summed E-state index contributed by atoms with van der Waals surface area (Å²) in [6, 6.07) is 12.0. The first-order valence-electron chi connectivity index (χ1n) is 6.78. The molecular formula is C16H14FN5. The molecule has 1 aromatic carbocycles. The van der Waals surface area contributed by atoms with E-state index in [0.717, 1.165) is 5.56 Å². The Kier molecular flexibility index (Phi) is 4.20. The quantitative estimate of drug-likeness (QED) is 0.755. The van der Waals surface area contributed by atoms with Gasteiger partial charge in [-0.3, -0.25) is 4.98 Å². The monoisotopic (exact) mass is 295 g/mol. The number of anilines is 3. The zero-order valence-electron chi connectivity index (χ0n) is 11.7. The van der Waals surface area contributed by atoms with Crippen molar-refractivity contribution >= 4 is 17.5 Å². The summed E-state index contributed by atoms with van der Waals surface area (Å²) in [5.74, 6) is 0.638. The van der Waals surface area contributed by atoms with E-state index in [2.05, 4.69) is 25.6 Å². The van der Waals surface area contributed by atoms with Crippen molar-refractivity contribution < 1.29 is 4.39 Å². The van der Waals surface area contributed by atoms with Crippen LogP contribution in [-0.4, -0.2) is 15.0 Å². The molecule has 0 spiro atoms. The molecule has 6 heteroatoms. The number of pyridine rings is 1. The first-order valence-corrected chi connectivity index (χ1v) is 6.78. The molecule has 0 saturated heterocycles. The fraction of sp³-hybridized carbons (Fsp3) is 0.0625. The van der Waals surface area contributed by atoms with Crippen molar-refractivity contribution in [3.8, 4) is 0 Å². The lowest BCUT2D eigenvalue weighted by Gasteiger charge is -2.08. The van der Waals surface area contributed by atoms with Gasteiger partial charge in [-0.25, -0.2) is 9.37 Å². The maximum Gasteiger partial charge on any atom is 0.229 e. The minimum absolute atomic E-state index is 0.335. The highest BCUT2D eigenvalue weighted by Gasteiger charge is 2.04. The average molecular weight is 295 g/mol. The summed E-state index contributed by atoms with van der Waals surface area (Å²) >= 11 is 0. The number of nitrogens with one attached hydrogen (secondary N) is 2. The molecule has 0 unspecified atom stereocenters. The van der Waals surface area contributed by atoms with E-state index in [1.165, 1.54) is 6.07 Å². The molecule has 3 rings (SSSR count). The van der Waals surface area contributed by atoms with E-state index in [-0.39, 0.29) is 5.82 Å². The second-order valence-electron chi connectivity index (χ2n) is 4.59. The minimum atomic E-state index is -0.347. The highest BCUT2D eigenvalue weighted by atomic mass is 19.1. The summed E-state index contributed by atoms with van der Waals surface area (Å²) in [6.45, 7) is 0.601. The largest absolute Gasteiger partial charge is 0.366 e. The number of halogens is 1. The molecule has 0 fully saturated rings. The van der Waals surface area contributed by atoms with E-state index in [1.54, 1.807) is 42.9 Å². The van der Waals surface area contributed by atoms with Crippen molar-refractivity contribution in [1.29, 1.82) is 0 Å². The van der Waals surface area contributed by atoms with Gasteiger partial charge in [0.25, 0.3) is 0 Å². The molecule has 0 atom stereocenters. The molecule has 0 aliphatic carbocycles. The molecule has 0 radical (unpaired) electrons. The van der Waals surface area contributed by atoms with Gasteiger partial charge in [-0.05, 0) is 29.8 Å². The molecule has 0 saturated carbocycles. The van der Waals surface area contributed by atoms with Gasteiger partial charge in [0.1, 0.15) is 11.6 Å². The fourth-order valence-electron chi connectivity index (χ4n) is 1.90. The lowest BCUT2D eigenvalue weighted by Crippen LogP contribution is -2.04. The Labute approximate surface area is 127 Å². The van der Waals surface area contributed by atoms with E-state index in [4.69, 9.17) is 0 Å². The average Bonchev–Trinajstić information content (AvgIpc) is 2.57. The predicted molar refractivity (Wildman–Crippen MR) is 83.3 cm³/mol. The van der Waals surface area contributed by atoms with Crippen molar-refractivity contribution in [2.75, 3.05) is 10.6 Å². The molecule has 0 aliphatic heterocycles. The molecule has 0 bridgehead atoms. The molecule has 2 heterocycles. The molecule has 3 aromatic rings. The molecule has 2 aromatic heterocycles. The van der Waals surface area contributed by atoms with E-state index in [9.17, 15) is 4.39 Å². The van der Waals surface area contributed by atoms with Gasteiger partial charge in [0, 0.05) is 25.1 Å².